The van der Waals surface area contributed by atoms with Crippen LogP contribution >= 0.6 is 0 Å². The molecule has 0 radical (unpaired) electrons. The van der Waals surface area contributed by atoms with Crippen LogP contribution in [0.4, 0.5) is 13.2 Å². The SMILES string of the molecule is CCCCCCC[C@H]1CC[C@](CCc2ccc(-c3cc(F)c(F)c(F)c3)cc2)(C2CCCCC2)CC1. The Morgan fingerprint density at radius 1 is 0.750 bits per heavy atom. The van der Waals surface area contributed by atoms with Crippen molar-refractivity contribution in [1.82, 2.24) is 0 Å². The first-order chi connectivity index (χ1) is 17.5. The van der Waals surface area contributed by atoms with Crippen LogP contribution in [0.3, 0.4) is 0 Å². The van der Waals surface area contributed by atoms with Crippen LogP contribution in [0.1, 0.15) is 115 Å². The minimum Gasteiger partial charge on any atom is -0.204 e. The van der Waals surface area contributed by atoms with Gasteiger partial charge in [0.2, 0.25) is 0 Å². The molecule has 2 aliphatic carbocycles. The number of unbranched alkanes of at least 4 members (excludes halogenated alkanes) is 4. The Balaban J connectivity index is 1.37. The largest absolute Gasteiger partial charge is 0.204 e. The van der Waals surface area contributed by atoms with Gasteiger partial charge in [-0.3, -0.25) is 0 Å². The summed E-state index contributed by atoms with van der Waals surface area (Å²) in [7, 11) is 0. The van der Waals surface area contributed by atoms with Gasteiger partial charge in [0.15, 0.2) is 17.5 Å². The minimum atomic E-state index is -1.41. The molecule has 198 valence electrons. The first-order valence-electron chi connectivity index (χ1n) is 14.7. The van der Waals surface area contributed by atoms with Gasteiger partial charge in [-0.05, 0) is 97.4 Å². The molecule has 4 rings (SSSR count). The summed E-state index contributed by atoms with van der Waals surface area (Å²) < 4.78 is 40.7. The maximum Gasteiger partial charge on any atom is 0.194 e. The van der Waals surface area contributed by atoms with Gasteiger partial charge in [-0.15, -0.1) is 0 Å². The molecule has 2 saturated carbocycles. The van der Waals surface area contributed by atoms with E-state index in [4.69, 9.17) is 0 Å². The van der Waals surface area contributed by atoms with Crippen LogP contribution in [0.2, 0.25) is 0 Å². The van der Waals surface area contributed by atoms with Crippen molar-refractivity contribution >= 4 is 0 Å². The Hall–Kier alpha value is -1.77. The van der Waals surface area contributed by atoms with Crippen LogP contribution in [0.15, 0.2) is 36.4 Å². The maximum absolute atomic E-state index is 13.7. The van der Waals surface area contributed by atoms with Crippen molar-refractivity contribution in [2.45, 2.75) is 116 Å². The van der Waals surface area contributed by atoms with Crippen LogP contribution in [0, 0.1) is 34.7 Å². The van der Waals surface area contributed by atoms with Crippen molar-refractivity contribution in [2.24, 2.45) is 17.3 Å². The molecule has 0 aliphatic heterocycles. The fourth-order valence-electron chi connectivity index (χ4n) is 7.13. The number of benzene rings is 2. The lowest BCUT2D eigenvalue weighted by Gasteiger charge is -2.48. The van der Waals surface area contributed by atoms with Crippen LogP contribution < -0.4 is 0 Å². The first kappa shape index (κ1) is 27.3. The number of hydrogen-bond acceptors (Lipinski definition) is 0. The highest BCUT2D eigenvalue weighted by Gasteiger charge is 2.41. The van der Waals surface area contributed by atoms with E-state index in [2.05, 4.69) is 19.1 Å². The van der Waals surface area contributed by atoms with E-state index in [1.54, 1.807) is 0 Å². The quantitative estimate of drug-likeness (QED) is 0.213. The number of hydrogen-bond donors (Lipinski definition) is 0. The van der Waals surface area contributed by atoms with Crippen molar-refractivity contribution in [3.8, 4) is 11.1 Å². The van der Waals surface area contributed by atoms with Crippen molar-refractivity contribution in [2.75, 3.05) is 0 Å². The Bertz CT molecular complexity index is 911. The van der Waals surface area contributed by atoms with Crippen LogP contribution in [-0.4, -0.2) is 0 Å². The summed E-state index contributed by atoms with van der Waals surface area (Å²) in [6, 6.07) is 10.2. The summed E-state index contributed by atoms with van der Waals surface area (Å²) in [5.74, 6) is -1.88. The standard InChI is InChI=1S/C33H45F3/c1-2-3-4-5-7-10-25-17-20-33(21-18-25,29-11-8-6-9-12-29)22-19-26-13-15-27(16-14-26)28-23-30(34)32(36)31(35)24-28/h13-16,23-25,29H,2-12,17-22H2,1H3/t25-,33-. The molecule has 0 amide bonds. The summed E-state index contributed by atoms with van der Waals surface area (Å²) in [5, 5.41) is 0. The molecule has 0 spiro atoms. The first-order valence-corrected chi connectivity index (χ1v) is 14.7. The normalized spacial score (nSPS) is 23.2. The lowest BCUT2D eigenvalue weighted by molar-refractivity contribution is 0.0379. The van der Waals surface area contributed by atoms with Gasteiger partial charge < -0.3 is 0 Å². The minimum absolute atomic E-state index is 0.379. The summed E-state index contributed by atoms with van der Waals surface area (Å²) in [6.45, 7) is 2.29. The molecule has 0 bridgehead atoms. The Labute approximate surface area is 217 Å². The molecule has 36 heavy (non-hydrogen) atoms. The van der Waals surface area contributed by atoms with Gasteiger partial charge in [-0.2, -0.15) is 0 Å². The van der Waals surface area contributed by atoms with Crippen LogP contribution in [0.5, 0.6) is 0 Å². The Morgan fingerprint density at radius 3 is 2.03 bits per heavy atom. The van der Waals surface area contributed by atoms with E-state index in [9.17, 15) is 13.2 Å². The molecule has 2 aromatic carbocycles. The Morgan fingerprint density at radius 2 is 1.39 bits per heavy atom. The second-order valence-corrected chi connectivity index (χ2v) is 11.8. The molecule has 0 N–H and O–H groups in total. The molecular formula is C33H45F3. The predicted octanol–water partition coefficient (Wildman–Crippen LogP) is 10.8. The van der Waals surface area contributed by atoms with Crippen molar-refractivity contribution < 1.29 is 13.2 Å². The van der Waals surface area contributed by atoms with Crippen LogP contribution in [0.25, 0.3) is 11.1 Å². The van der Waals surface area contributed by atoms with E-state index >= 15 is 0 Å². The molecule has 0 nitrogen and oxygen atoms in total. The molecule has 0 atom stereocenters. The van der Waals surface area contributed by atoms with E-state index in [1.807, 2.05) is 12.1 Å². The molecule has 0 aromatic heterocycles. The van der Waals surface area contributed by atoms with Crippen molar-refractivity contribution in [3.63, 3.8) is 0 Å². The summed E-state index contributed by atoms with van der Waals surface area (Å²) in [5.41, 5.74) is 2.87. The molecule has 2 aliphatic rings. The van der Waals surface area contributed by atoms with Gasteiger partial charge >= 0.3 is 0 Å². The van der Waals surface area contributed by atoms with E-state index < -0.39 is 17.5 Å². The monoisotopic (exact) mass is 498 g/mol. The fourth-order valence-corrected chi connectivity index (χ4v) is 7.13. The topological polar surface area (TPSA) is 0 Å². The maximum atomic E-state index is 13.7. The van der Waals surface area contributed by atoms with Gasteiger partial charge in [0, 0.05) is 0 Å². The smallest absolute Gasteiger partial charge is 0.194 e. The molecule has 2 fully saturated rings. The van der Waals surface area contributed by atoms with Crippen molar-refractivity contribution in [1.29, 1.82) is 0 Å². The fraction of sp³-hybridized carbons (Fsp3) is 0.636. The Kier molecular flexibility index (Phi) is 9.96. The van der Waals surface area contributed by atoms with E-state index in [1.165, 1.54) is 108 Å². The number of halogens is 3. The lowest BCUT2D eigenvalue weighted by atomic mass is 9.58. The zero-order chi connectivity index (χ0) is 25.4. The van der Waals surface area contributed by atoms with Gasteiger partial charge in [0.05, 0.1) is 0 Å². The molecule has 0 heterocycles. The molecule has 0 saturated heterocycles. The van der Waals surface area contributed by atoms with Gasteiger partial charge in [-0.1, -0.05) is 89.0 Å². The number of rotatable bonds is 11. The third-order valence-electron chi connectivity index (χ3n) is 9.47. The average molecular weight is 499 g/mol. The summed E-state index contributed by atoms with van der Waals surface area (Å²) in [6.07, 6.45) is 23.3. The third kappa shape index (κ3) is 6.95. The average Bonchev–Trinajstić information content (AvgIpc) is 2.92. The lowest BCUT2D eigenvalue weighted by Crippen LogP contribution is -2.36. The highest BCUT2D eigenvalue weighted by molar-refractivity contribution is 5.63. The molecule has 2 aromatic rings. The van der Waals surface area contributed by atoms with Gasteiger partial charge in [-0.25, -0.2) is 13.2 Å². The second kappa shape index (κ2) is 13.2. The predicted molar refractivity (Wildman–Crippen MR) is 144 cm³/mol. The van der Waals surface area contributed by atoms with Gasteiger partial charge in [0.25, 0.3) is 0 Å². The highest BCUT2D eigenvalue weighted by Crippen LogP contribution is 2.52. The van der Waals surface area contributed by atoms with Crippen LogP contribution in [-0.2, 0) is 6.42 Å². The molecule has 3 heteroatoms. The molecular weight excluding hydrogens is 453 g/mol. The zero-order valence-corrected chi connectivity index (χ0v) is 22.3. The van der Waals surface area contributed by atoms with E-state index in [0.29, 0.717) is 11.0 Å². The summed E-state index contributed by atoms with van der Waals surface area (Å²) in [4.78, 5) is 0. The molecule has 0 unspecified atom stereocenters. The zero-order valence-electron chi connectivity index (χ0n) is 22.3. The third-order valence-corrected chi connectivity index (χ3v) is 9.47. The highest BCUT2D eigenvalue weighted by atomic mass is 19.2. The van der Waals surface area contributed by atoms with E-state index in [0.717, 1.165) is 36.0 Å². The van der Waals surface area contributed by atoms with Crippen molar-refractivity contribution in [3.05, 3.63) is 59.4 Å². The second-order valence-electron chi connectivity index (χ2n) is 11.8. The van der Waals surface area contributed by atoms with E-state index in [-0.39, 0.29) is 0 Å². The number of aryl methyl sites for hydroxylation is 1. The van der Waals surface area contributed by atoms with Gasteiger partial charge in [0.1, 0.15) is 0 Å². The summed E-state index contributed by atoms with van der Waals surface area (Å²) >= 11 is 0.